The molecule has 1 aromatic heterocycles. The van der Waals surface area contributed by atoms with E-state index >= 15 is 0 Å². The van der Waals surface area contributed by atoms with Gasteiger partial charge in [-0.15, -0.1) is 0 Å². The van der Waals surface area contributed by atoms with Crippen molar-refractivity contribution >= 4 is 81.1 Å². The van der Waals surface area contributed by atoms with Crippen molar-refractivity contribution < 1.29 is 18.3 Å². The first kappa shape index (κ1) is 33.3. The van der Waals surface area contributed by atoms with Crippen molar-refractivity contribution in [3.63, 3.8) is 0 Å². The van der Waals surface area contributed by atoms with Crippen LogP contribution in [0.2, 0.25) is 0 Å². The van der Waals surface area contributed by atoms with Gasteiger partial charge in [0.1, 0.15) is 11.6 Å². The molecule has 3 heterocycles. The molecule has 6 rings (SSSR count). The fourth-order valence-electron chi connectivity index (χ4n) is 6.21. The minimum absolute atomic E-state index is 0.0330. The molecule has 0 saturated carbocycles. The van der Waals surface area contributed by atoms with Crippen LogP contribution in [-0.2, 0) is 9.95 Å². The number of piperazine rings is 1. The summed E-state index contributed by atoms with van der Waals surface area (Å²) in [6, 6.07) is 12.9. The number of anilines is 3. The van der Waals surface area contributed by atoms with E-state index in [1.807, 2.05) is 12.1 Å². The number of amides is 1. The second kappa shape index (κ2) is 12.4. The van der Waals surface area contributed by atoms with Gasteiger partial charge in [0.15, 0.2) is 5.82 Å². The predicted octanol–water partition coefficient (Wildman–Crippen LogP) is 1.96. The van der Waals surface area contributed by atoms with E-state index < -0.39 is 39.6 Å². The topological polar surface area (TPSA) is 85.5 Å². The van der Waals surface area contributed by atoms with E-state index in [0.717, 1.165) is 50.1 Å². The number of H-pyrrole nitrogens is 1. The number of fused-ring (bicyclic) bond motifs is 1. The third kappa shape index (κ3) is 7.28. The summed E-state index contributed by atoms with van der Waals surface area (Å²) in [5, 5.41) is 8.98. The molecule has 16 heteroatoms. The Labute approximate surface area is 280 Å². The highest BCUT2D eigenvalue weighted by Gasteiger charge is 2.38. The summed E-state index contributed by atoms with van der Waals surface area (Å²) in [4.78, 5) is 18.4. The van der Waals surface area contributed by atoms with Gasteiger partial charge in [-0.05, 0) is 78.7 Å². The summed E-state index contributed by atoms with van der Waals surface area (Å²) in [7, 11) is 39.2. The van der Waals surface area contributed by atoms with Gasteiger partial charge in [-0.1, -0.05) is 16.8 Å². The van der Waals surface area contributed by atoms with Crippen LogP contribution < -0.4 is 15.5 Å². The summed E-state index contributed by atoms with van der Waals surface area (Å²) in [6.07, 6.45) is 0.343. The van der Waals surface area contributed by atoms with Crippen molar-refractivity contribution in [1.29, 1.82) is 0 Å². The van der Waals surface area contributed by atoms with Gasteiger partial charge in [0.05, 0.1) is 58.2 Å². The van der Waals surface area contributed by atoms with Gasteiger partial charge in [-0.3, -0.25) is 9.89 Å². The molecule has 0 aliphatic carbocycles. The van der Waals surface area contributed by atoms with Gasteiger partial charge in [0.2, 0.25) is 0 Å². The second-order valence-corrected chi connectivity index (χ2v) is 12.6. The first-order valence-corrected chi connectivity index (χ1v) is 15.1. The smallest absolute Gasteiger partial charge is 0.258 e. The number of benzene rings is 3. The molecule has 0 bridgehead atoms. The molecule has 0 unspecified atom stereocenters. The van der Waals surface area contributed by atoms with Crippen molar-refractivity contribution in [2.24, 2.45) is 0 Å². The molecule has 0 spiro atoms. The lowest BCUT2D eigenvalue weighted by atomic mass is 9.48. The maximum atomic E-state index is 14.0. The summed E-state index contributed by atoms with van der Waals surface area (Å²) >= 11 is 0. The Balaban J connectivity index is 1.32. The van der Waals surface area contributed by atoms with Crippen molar-refractivity contribution in [2.45, 2.75) is 34.9 Å². The molecule has 2 aliphatic heterocycles. The molecular formula is C31H28B6F2N6O2. The lowest BCUT2D eigenvalue weighted by Gasteiger charge is -2.48. The number of aromatic amines is 1. The number of ether oxygens (including phenoxy) is 1. The van der Waals surface area contributed by atoms with Crippen molar-refractivity contribution in [3.8, 4) is 0 Å². The number of likely N-dealkylation sites (N-methyl/N-ethyl adjacent to an activating group) is 1. The Bertz CT molecular complexity index is 1780. The highest BCUT2D eigenvalue weighted by atomic mass is 19.1. The quantitative estimate of drug-likeness (QED) is 0.275. The molecule has 3 N–H and O–H groups in total. The van der Waals surface area contributed by atoms with Crippen LogP contribution in [0.5, 0.6) is 0 Å². The third-order valence-corrected chi connectivity index (χ3v) is 8.60. The second-order valence-electron chi connectivity index (χ2n) is 12.6. The van der Waals surface area contributed by atoms with Crippen LogP contribution in [-0.4, -0.2) is 118 Å². The van der Waals surface area contributed by atoms with Crippen LogP contribution >= 0.6 is 0 Å². The van der Waals surface area contributed by atoms with Gasteiger partial charge in [0, 0.05) is 55.0 Å². The zero-order chi connectivity index (χ0) is 33.7. The van der Waals surface area contributed by atoms with Crippen LogP contribution in [0.25, 0.3) is 10.9 Å². The van der Waals surface area contributed by atoms with E-state index in [4.69, 9.17) is 51.8 Å². The first-order chi connectivity index (χ1) is 22.1. The average molecular weight is 619 g/mol. The van der Waals surface area contributed by atoms with Gasteiger partial charge < -0.3 is 25.2 Å². The van der Waals surface area contributed by atoms with Crippen molar-refractivity contribution in [3.05, 3.63) is 82.9 Å². The minimum atomic E-state index is -1.75. The number of hydrogen-bond acceptors (Lipinski definition) is 6. The average Bonchev–Trinajstić information content (AvgIpc) is 3.37. The molecule has 4 aromatic rings. The molecule has 226 valence electrons. The Morgan fingerprint density at radius 2 is 1.60 bits per heavy atom. The van der Waals surface area contributed by atoms with Crippen molar-refractivity contribution in [2.75, 3.05) is 48.8 Å². The molecule has 2 aliphatic rings. The molecule has 3 aromatic carbocycles. The van der Waals surface area contributed by atoms with Crippen LogP contribution in [0.1, 0.15) is 34.3 Å². The van der Waals surface area contributed by atoms with Gasteiger partial charge in [0.25, 0.3) is 5.91 Å². The number of aromatic nitrogens is 2. The highest BCUT2D eigenvalue weighted by Crippen LogP contribution is 2.35. The number of rotatable bonds is 7. The molecule has 2 fully saturated rings. The third-order valence-electron chi connectivity index (χ3n) is 8.60. The zero-order valence-electron chi connectivity index (χ0n) is 25.9. The largest absolute Gasteiger partial charge is 0.407 e. The number of nitrogens with zero attached hydrogens (tertiary/aromatic N) is 3. The summed E-state index contributed by atoms with van der Waals surface area (Å²) < 4.78 is 33.4. The van der Waals surface area contributed by atoms with Crippen LogP contribution in [0.4, 0.5) is 26.0 Å². The number of carbonyl (C=O) groups excluding carboxylic acids is 1. The van der Waals surface area contributed by atoms with Gasteiger partial charge in [-0.25, -0.2) is 8.78 Å². The van der Waals surface area contributed by atoms with E-state index in [2.05, 4.69) is 37.7 Å². The van der Waals surface area contributed by atoms with Gasteiger partial charge in [-0.2, -0.15) is 5.10 Å². The monoisotopic (exact) mass is 620 g/mol. The minimum Gasteiger partial charge on any atom is -0.407 e. The lowest BCUT2D eigenvalue weighted by molar-refractivity contribution is -0.0184. The van der Waals surface area contributed by atoms with Crippen molar-refractivity contribution in [1.82, 2.24) is 15.1 Å². The summed E-state index contributed by atoms with van der Waals surface area (Å²) in [5.74, 6) is -1.90. The van der Waals surface area contributed by atoms with Crippen LogP contribution in [0, 0.1) is 11.6 Å². The Morgan fingerprint density at radius 3 is 2.26 bits per heavy atom. The first-order valence-electron chi connectivity index (χ1n) is 15.1. The van der Waals surface area contributed by atoms with Crippen LogP contribution in [0.15, 0.2) is 54.6 Å². The molecule has 2 saturated heterocycles. The van der Waals surface area contributed by atoms with E-state index in [1.165, 1.54) is 0 Å². The SMILES string of the molecule is [B]C1([B])CC(Nc2cc(N3CCN(C)CC3)ccc2C(=O)Nc2n[nH]c3ccc(C([B])([B])c4cc(F)cc(F)c4)cc23)CC([B])([B])O1. The van der Waals surface area contributed by atoms with E-state index in [-0.39, 0.29) is 24.2 Å². The molecule has 0 atom stereocenters. The van der Waals surface area contributed by atoms with Gasteiger partial charge >= 0.3 is 0 Å². The van der Waals surface area contributed by atoms with E-state index in [0.29, 0.717) is 27.7 Å². The number of nitrogens with one attached hydrogen (secondary N) is 3. The Kier molecular flexibility index (Phi) is 8.80. The van der Waals surface area contributed by atoms with E-state index in [1.54, 1.807) is 24.3 Å². The maximum absolute atomic E-state index is 14.0. The molecule has 1 amide bonds. The molecule has 8 nitrogen and oxygen atoms in total. The number of carbonyl (C=O) groups is 1. The normalized spacial score (nSPS) is 18.7. The lowest BCUT2D eigenvalue weighted by Crippen LogP contribution is -2.56. The molecule has 47 heavy (non-hydrogen) atoms. The summed E-state index contributed by atoms with van der Waals surface area (Å²) in [6.45, 7) is 3.42. The standard InChI is InChI=1S/C31H28B6F2N6O2/c1-44-6-8-45(9-7-44)22-3-4-23(26(14-22)40-21-15-29(32,33)47-30(34,35)16-21)28(46)41-27-24-12-17(2-5-25(24)42-43-27)31(36,37)18-10-19(38)13-20(39)11-18/h2-5,10-14,21,40H,6-9,15-16H2,1H3,(H2,41,42,43,46). The zero-order valence-corrected chi connectivity index (χ0v) is 25.9. The maximum Gasteiger partial charge on any atom is 0.258 e. The Morgan fingerprint density at radius 1 is 0.936 bits per heavy atom. The summed E-state index contributed by atoms with van der Waals surface area (Å²) in [5.41, 5.74) is 2.68. The fraction of sp³-hybridized carbons (Fsp3) is 0.355. The predicted molar refractivity (Wildman–Crippen MR) is 185 cm³/mol. The molecule has 12 radical (unpaired) electrons. The number of halogens is 2. The number of hydrogen-bond donors (Lipinski definition) is 3. The highest BCUT2D eigenvalue weighted by molar-refractivity contribution is 6.43. The fourth-order valence-corrected chi connectivity index (χ4v) is 6.21. The van der Waals surface area contributed by atoms with E-state index in [9.17, 15) is 13.6 Å². The molecular weight excluding hydrogens is 591 g/mol. The Hall–Kier alpha value is -3.63. The van der Waals surface area contributed by atoms with Crippen LogP contribution in [0.3, 0.4) is 0 Å².